The Balaban J connectivity index is 1.41. The van der Waals surface area contributed by atoms with Crippen molar-refractivity contribution in [3.8, 4) is 11.6 Å². The molecule has 1 N–H and O–H groups in total. The predicted octanol–water partition coefficient (Wildman–Crippen LogP) is 3.81. The summed E-state index contributed by atoms with van der Waals surface area (Å²) in [6.07, 6.45) is 4.26. The van der Waals surface area contributed by atoms with Crippen LogP contribution >= 0.6 is 11.6 Å². The van der Waals surface area contributed by atoms with Gasteiger partial charge in [-0.15, -0.1) is 15.3 Å². The predicted molar refractivity (Wildman–Crippen MR) is 111 cm³/mol. The number of carbonyl (C=O) groups is 1. The molecule has 0 atom stereocenters. The molecule has 1 aliphatic heterocycles. The summed E-state index contributed by atoms with van der Waals surface area (Å²) in [6.45, 7) is 0.437. The Morgan fingerprint density at radius 3 is 2.68 bits per heavy atom. The van der Waals surface area contributed by atoms with Gasteiger partial charge in [-0.25, -0.2) is 4.79 Å². The van der Waals surface area contributed by atoms with Gasteiger partial charge in [0.25, 0.3) is 0 Å². The van der Waals surface area contributed by atoms with Gasteiger partial charge >= 0.3 is 6.09 Å². The van der Waals surface area contributed by atoms with E-state index in [0.717, 1.165) is 42.8 Å². The Hall–Kier alpha value is -3.20. The molecular formula is C21H21ClN6O3. The van der Waals surface area contributed by atoms with E-state index in [-0.39, 0.29) is 25.1 Å². The zero-order valence-corrected chi connectivity index (χ0v) is 17.4. The maximum atomic E-state index is 11.7. The van der Waals surface area contributed by atoms with Gasteiger partial charge in [0.15, 0.2) is 5.82 Å². The van der Waals surface area contributed by atoms with Gasteiger partial charge in [-0.2, -0.15) is 5.10 Å². The standard InChI is InChI=1S/C21H21ClN6O3/c22-15-5-8-17-14(10-15)11-27(21(29)30)12-18-24-26-20(28(17)18)13-3-6-16(7-4-13)31-19-2-1-9-23-25-19/h1-2,5,8-10,13,16H,3-4,6-7,11-12H2,(H,29,30). The van der Waals surface area contributed by atoms with Gasteiger partial charge in [0.2, 0.25) is 5.88 Å². The normalized spacial score (nSPS) is 20.5. The zero-order chi connectivity index (χ0) is 21.4. The van der Waals surface area contributed by atoms with Crippen LogP contribution in [0.1, 0.15) is 48.8 Å². The van der Waals surface area contributed by atoms with Crippen molar-refractivity contribution in [1.29, 1.82) is 0 Å². The minimum Gasteiger partial charge on any atom is -0.473 e. The van der Waals surface area contributed by atoms with Crippen LogP contribution in [0.2, 0.25) is 5.02 Å². The smallest absolute Gasteiger partial charge is 0.408 e. The number of aromatic nitrogens is 5. The maximum Gasteiger partial charge on any atom is 0.408 e. The Bertz CT molecular complexity index is 1100. The molecular weight excluding hydrogens is 420 g/mol. The number of halogens is 1. The highest BCUT2D eigenvalue weighted by Crippen LogP contribution is 2.36. The van der Waals surface area contributed by atoms with Crippen molar-refractivity contribution in [2.45, 2.75) is 50.8 Å². The molecule has 10 heteroatoms. The van der Waals surface area contributed by atoms with Gasteiger partial charge in [0.05, 0.1) is 18.8 Å². The van der Waals surface area contributed by atoms with E-state index in [1.165, 1.54) is 4.90 Å². The lowest BCUT2D eigenvalue weighted by atomic mass is 9.86. The Morgan fingerprint density at radius 1 is 1.10 bits per heavy atom. The third-order valence-corrected chi connectivity index (χ3v) is 6.11. The summed E-state index contributed by atoms with van der Waals surface area (Å²) in [5, 5.41) is 26.9. The highest BCUT2D eigenvalue weighted by atomic mass is 35.5. The van der Waals surface area contributed by atoms with E-state index in [4.69, 9.17) is 16.3 Å². The number of hydrogen-bond acceptors (Lipinski definition) is 6. The lowest BCUT2D eigenvalue weighted by Crippen LogP contribution is -2.28. The first-order chi connectivity index (χ1) is 15.1. The fraction of sp³-hybridized carbons (Fsp3) is 0.381. The first kappa shape index (κ1) is 19.7. The van der Waals surface area contributed by atoms with Gasteiger partial charge in [-0.05, 0) is 55.5 Å². The highest BCUT2D eigenvalue weighted by Gasteiger charge is 2.32. The second kappa shape index (κ2) is 8.14. The number of nitrogens with zero attached hydrogens (tertiary/aromatic N) is 6. The first-order valence-corrected chi connectivity index (χ1v) is 10.6. The SMILES string of the molecule is O=C(O)N1Cc2cc(Cl)ccc2-n2c(nnc2C2CCC(Oc3cccnn3)CC2)C1. The largest absolute Gasteiger partial charge is 0.473 e. The fourth-order valence-corrected chi connectivity index (χ4v) is 4.58. The first-order valence-electron chi connectivity index (χ1n) is 10.2. The van der Waals surface area contributed by atoms with Crippen molar-refractivity contribution >= 4 is 17.7 Å². The van der Waals surface area contributed by atoms with Crippen LogP contribution in [0.3, 0.4) is 0 Å². The number of carboxylic acid groups (broad SMARTS) is 1. The molecule has 1 saturated carbocycles. The second-order valence-electron chi connectivity index (χ2n) is 7.87. The molecule has 1 aliphatic carbocycles. The summed E-state index contributed by atoms with van der Waals surface area (Å²) in [6, 6.07) is 9.17. The van der Waals surface area contributed by atoms with E-state index in [2.05, 4.69) is 20.4 Å². The Labute approximate surface area is 183 Å². The molecule has 0 radical (unpaired) electrons. The molecule has 5 rings (SSSR count). The minimum atomic E-state index is -0.995. The molecule has 1 aromatic carbocycles. The number of benzene rings is 1. The number of rotatable bonds is 3. The highest BCUT2D eigenvalue weighted by molar-refractivity contribution is 6.30. The fourth-order valence-electron chi connectivity index (χ4n) is 4.39. The van der Waals surface area contributed by atoms with Crippen LogP contribution in [0.4, 0.5) is 4.79 Å². The monoisotopic (exact) mass is 440 g/mol. The van der Waals surface area contributed by atoms with Crippen molar-refractivity contribution < 1.29 is 14.6 Å². The second-order valence-corrected chi connectivity index (χ2v) is 8.31. The molecule has 1 fully saturated rings. The van der Waals surface area contributed by atoms with Crippen molar-refractivity contribution in [3.63, 3.8) is 0 Å². The summed E-state index contributed by atoms with van der Waals surface area (Å²) < 4.78 is 7.98. The molecule has 0 bridgehead atoms. The number of amides is 1. The van der Waals surface area contributed by atoms with Gasteiger partial charge in [-0.1, -0.05) is 11.6 Å². The Morgan fingerprint density at radius 2 is 1.94 bits per heavy atom. The van der Waals surface area contributed by atoms with Crippen molar-refractivity contribution in [2.75, 3.05) is 0 Å². The molecule has 0 saturated heterocycles. The zero-order valence-electron chi connectivity index (χ0n) is 16.7. The number of ether oxygens (including phenoxy) is 1. The van der Waals surface area contributed by atoms with Crippen LogP contribution in [-0.2, 0) is 13.1 Å². The third-order valence-electron chi connectivity index (χ3n) is 5.88. The van der Waals surface area contributed by atoms with Gasteiger partial charge in [0.1, 0.15) is 11.9 Å². The molecule has 2 aliphatic rings. The van der Waals surface area contributed by atoms with E-state index in [1.54, 1.807) is 6.20 Å². The molecule has 9 nitrogen and oxygen atoms in total. The van der Waals surface area contributed by atoms with Crippen LogP contribution in [-0.4, -0.2) is 47.2 Å². The molecule has 1 amide bonds. The lowest BCUT2D eigenvalue weighted by Gasteiger charge is -2.28. The minimum absolute atomic E-state index is 0.0908. The van der Waals surface area contributed by atoms with Gasteiger partial charge in [0, 0.05) is 23.2 Å². The van der Waals surface area contributed by atoms with Crippen LogP contribution in [0.25, 0.3) is 5.69 Å². The van der Waals surface area contributed by atoms with E-state index >= 15 is 0 Å². The molecule has 0 unspecified atom stereocenters. The molecule has 31 heavy (non-hydrogen) atoms. The summed E-state index contributed by atoms with van der Waals surface area (Å²) in [7, 11) is 0. The average molecular weight is 441 g/mol. The summed E-state index contributed by atoms with van der Waals surface area (Å²) in [5.74, 6) is 2.24. The lowest BCUT2D eigenvalue weighted by molar-refractivity contribution is 0.137. The van der Waals surface area contributed by atoms with Gasteiger partial charge < -0.3 is 9.84 Å². The number of hydrogen-bond donors (Lipinski definition) is 1. The summed E-state index contributed by atoms with van der Waals surface area (Å²) in [5.41, 5.74) is 1.73. The molecule has 160 valence electrons. The average Bonchev–Trinajstić information content (AvgIpc) is 3.10. The maximum absolute atomic E-state index is 11.7. The third kappa shape index (κ3) is 3.93. The van der Waals surface area contributed by atoms with E-state index in [1.807, 2.05) is 34.9 Å². The summed E-state index contributed by atoms with van der Waals surface area (Å²) >= 11 is 6.20. The van der Waals surface area contributed by atoms with Crippen LogP contribution in [0.15, 0.2) is 36.5 Å². The van der Waals surface area contributed by atoms with E-state index < -0.39 is 6.09 Å². The Kier molecular flexibility index (Phi) is 5.19. The topological polar surface area (TPSA) is 106 Å². The molecule has 2 aromatic heterocycles. The van der Waals surface area contributed by atoms with Crippen LogP contribution in [0, 0.1) is 0 Å². The quantitative estimate of drug-likeness (QED) is 0.659. The van der Waals surface area contributed by atoms with Crippen molar-refractivity contribution in [2.24, 2.45) is 0 Å². The van der Waals surface area contributed by atoms with E-state index in [9.17, 15) is 9.90 Å². The van der Waals surface area contributed by atoms with Crippen LogP contribution < -0.4 is 4.74 Å². The molecule has 0 spiro atoms. The molecule has 3 aromatic rings. The summed E-state index contributed by atoms with van der Waals surface area (Å²) in [4.78, 5) is 13.0. The van der Waals surface area contributed by atoms with Crippen molar-refractivity contribution in [3.05, 3.63) is 58.8 Å². The van der Waals surface area contributed by atoms with Gasteiger partial charge in [-0.3, -0.25) is 9.47 Å². The van der Waals surface area contributed by atoms with E-state index in [0.29, 0.717) is 16.7 Å². The van der Waals surface area contributed by atoms with Crippen LogP contribution in [0.5, 0.6) is 5.88 Å². The van der Waals surface area contributed by atoms with Crippen molar-refractivity contribution in [1.82, 2.24) is 29.9 Å². The number of fused-ring (bicyclic) bond motifs is 3. The molecule has 3 heterocycles.